The minimum absolute atomic E-state index is 0.0535. The van der Waals surface area contributed by atoms with Crippen LogP contribution in [0.2, 0.25) is 10.0 Å². The van der Waals surface area contributed by atoms with E-state index < -0.39 is 5.25 Å². The number of para-hydroxylation sites is 1. The Bertz CT molecular complexity index is 874. The van der Waals surface area contributed by atoms with E-state index in [1.165, 1.54) is 11.8 Å². The Kier molecular flexibility index (Phi) is 5.65. The molecule has 8 heteroatoms. The van der Waals surface area contributed by atoms with Gasteiger partial charge in [0.1, 0.15) is 0 Å². The van der Waals surface area contributed by atoms with E-state index in [0.29, 0.717) is 21.4 Å². The van der Waals surface area contributed by atoms with Gasteiger partial charge in [-0.15, -0.1) is 11.8 Å². The van der Waals surface area contributed by atoms with Gasteiger partial charge in [0, 0.05) is 30.4 Å². The molecule has 1 unspecified atom stereocenters. The number of fused-ring (bicyclic) bond motifs is 1. The summed E-state index contributed by atoms with van der Waals surface area (Å²) < 4.78 is 0. The topological polar surface area (TPSA) is 61.4 Å². The lowest BCUT2D eigenvalue weighted by atomic mass is 10.2. The highest BCUT2D eigenvalue weighted by Gasteiger charge is 2.29. The molecule has 0 bridgehead atoms. The second-order valence-corrected chi connectivity index (χ2v) is 8.11. The van der Waals surface area contributed by atoms with Gasteiger partial charge in [-0.25, -0.2) is 0 Å². The van der Waals surface area contributed by atoms with Crippen molar-refractivity contribution < 1.29 is 9.59 Å². The number of halogens is 2. The molecule has 0 saturated carbocycles. The number of anilines is 3. The van der Waals surface area contributed by atoms with Gasteiger partial charge in [-0.05, 0) is 30.3 Å². The molecule has 2 aromatic carbocycles. The van der Waals surface area contributed by atoms with Gasteiger partial charge < -0.3 is 15.5 Å². The third-order valence-electron chi connectivity index (χ3n) is 3.84. The van der Waals surface area contributed by atoms with Crippen molar-refractivity contribution in [2.75, 3.05) is 29.6 Å². The summed E-state index contributed by atoms with van der Waals surface area (Å²) in [7, 11) is 3.70. The number of nitrogens with one attached hydrogen (secondary N) is 2. The van der Waals surface area contributed by atoms with Gasteiger partial charge in [-0.1, -0.05) is 29.3 Å². The number of carbonyl (C=O) groups excluding carboxylic acids is 2. The average molecular weight is 410 g/mol. The Balaban J connectivity index is 1.72. The fourth-order valence-electron chi connectivity index (χ4n) is 2.70. The molecule has 1 aliphatic heterocycles. The van der Waals surface area contributed by atoms with Crippen LogP contribution in [0.5, 0.6) is 0 Å². The Labute approximate surface area is 166 Å². The molecule has 0 aromatic heterocycles. The largest absolute Gasteiger partial charge is 0.375 e. The van der Waals surface area contributed by atoms with Crippen LogP contribution in [0.3, 0.4) is 0 Å². The Hall–Kier alpha value is -1.89. The first-order valence-corrected chi connectivity index (χ1v) is 9.51. The third-order valence-corrected chi connectivity index (χ3v) is 5.66. The summed E-state index contributed by atoms with van der Waals surface area (Å²) in [5.41, 5.74) is 2.01. The van der Waals surface area contributed by atoms with E-state index in [9.17, 15) is 9.59 Å². The number of nitrogens with zero attached hydrogens (tertiary/aromatic N) is 1. The van der Waals surface area contributed by atoms with Crippen LogP contribution < -0.4 is 15.5 Å². The highest BCUT2D eigenvalue weighted by molar-refractivity contribution is 8.01. The van der Waals surface area contributed by atoms with Crippen LogP contribution in [0.25, 0.3) is 0 Å². The van der Waals surface area contributed by atoms with Crippen LogP contribution >= 0.6 is 35.0 Å². The van der Waals surface area contributed by atoms with E-state index in [1.54, 1.807) is 30.3 Å². The number of benzene rings is 2. The van der Waals surface area contributed by atoms with Crippen LogP contribution in [0.4, 0.5) is 17.1 Å². The molecule has 0 saturated heterocycles. The quantitative estimate of drug-likeness (QED) is 0.779. The molecule has 26 heavy (non-hydrogen) atoms. The predicted octanol–water partition coefficient (Wildman–Crippen LogP) is 4.50. The second-order valence-electron chi connectivity index (χ2n) is 6.02. The standard InChI is InChI=1S/C18H17Cl2N3O2S/c1-23(2)17-11(20)4-3-5-12(17)21-16(24)9-15-18(25)22-13-8-10(19)6-7-14(13)26-15/h3-8,15H,9H2,1-2H3,(H,21,24)(H,22,25). The van der Waals surface area contributed by atoms with E-state index in [0.717, 1.165) is 10.6 Å². The summed E-state index contributed by atoms with van der Waals surface area (Å²) in [5, 5.41) is 6.25. The number of rotatable bonds is 4. The van der Waals surface area contributed by atoms with E-state index >= 15 is 0 Å². The first-order valence-electron chi connectivity index (χ1n) is 7.88. The fourth-order valence-corrected chi connectivity index (χ4v) is 4.30. The van der Waals surface area contributed by atoms with Gasteiger partial charge in [0.15, 0.2) is 0 Å². The van der Waals surface area contributed by atoms with E-state index in [-0.39, 0.29) is 18.2 Å². The van der Waals surface area contributed by atoms with Crippen LogP contribution in [0, 0.1) is 0 Å². The smallest absolute Gasteiger partial charge is 0.238 e. The maximum atomic E-state index is 12.5. The maximum Gasteiger partial charge on any atom is 0.238 e. The van der Waals surface area contributed by atoms with Gasteiger partial charge in [0.05, 0.1) is 27.3 Å². The molecule has 5 nitrogen and oxygen atoms in total. The van der Waals surface area contributed by atoms with E-state index in [1.807, 2.05) is 25.1 Å². The van der Waals surface area contributed by atoms with E-state index in [2.05, 4.69) is 10.6 Å². The van der Waals surface area contributed by atoms with Crippen molar-refractivity contribution in [1.29, 1.82) is 0 Å². The lowest BCUT2D eigenvalue weighted by molar-refractivity contribution is -0.120. The monoisotopic (exact) mass is 409 g/mol. The van der Waals surface area contributed by atoms with Gasteiger partial charge in [-0.3, -0.25) is 9.59 Å². The van der Waals surface area contributed by atoms with Crippen molar-refractivity contribution in [3.63, 3.8) is 0 Å². The Morgan fingerprint density at radius 3 is 2.77 bits per heavy atom. The number of hydrogen-bond acceptors (Lipinski definition) is 4. The molecule has 0 radical (unpaired) electrons. The number of amides is 2. The second kappa shape index (κ2) is 7.78. The summed E-state index contributed by atoms with van der Waals surface area (Å²) in [6.07, 6.45) is 0.0535. The summed E-state index contributed by atoms with van der Waals surface area (Å²) in [5.74, 6) is -0.459. The fraction of sp³-hybridized carbons (Fsp3) is 0.222. The van der Waals surface area contributed by atoms with Gasteiger partial charge in [0.2, 0.25) is 11.8 Å². The molecule has 2 amide bonds. The molecule has 1 atom stereocenters. The summed E-state index contributed by atoms with van der Waals surface area (Å²) in [4.78, 5) is 27.5. The molecule has 1 aliphatic rings. The van der Waals surface area contributed by atoms with Crippen LogP contribution in [0.15, 0.2) is 41.3 Å². The normalized spacial score (nSPS) is 15.8. The number of hydrogen-bond donors (Lipinski definition) is 2. The lowest BCUT2D eigenvalue weighted by Crippen LogP contribution is -2.32. The molecule has 0 spiro atoms. The van der Waals surface area contributed by atoms with Gasteiger partial charge in [0.25, 0.3) is 0 Å². The Morgan fingerprint density at radius 1 is 1.27 bits per heavy atom. The summed E-state index contributed by atoms with van der Waals surface area (Å²) >= 11 is 13.5. The lowest BCUT2D eigenvalue weighted by Gasteiger charge is -2.24. The molecule has 136 valence electrons. The zero-order chi connectivity index (χ0) is 18.8. The third kappa shape index (κ3) is 4.09. The van der Waals surface area contributed by atoms with Crippen LogP contribution in [0.1, 0.15) is 6.42 Å². The minimum Gasteiger partial charge on any atom is -0.375 e. The summed E-state index contributed by atoms with van der Waals surface area (Å²) in [6, 6.07) is 10.6. The van der Waals surface area contributed by atoms with Crippen molar-refractivity contribution >= 4 is 63.8 Å². The Morgan fingerprint density at radius 2 is 2.04 bits per heavy atom. The molecular formula is C18H17Cl2N3O2S. The SMILES string of the molecule is CN(C)c1c(Cl)cccc1NC(=O)CC1Sc2ccc(Cl)cc2NC1=O. The van der Waals surface area contributed by atoms with Crippen molar-refractivity contribution in [1.82, 2.24) is 0 Å². The maximum absolute atomic E-state index is 12.5. The molecule has 1 heterocycles. The first kappa shape index (κ1) is 18.9. The van der Waals surface area contributed by atoms with E-state index in [4.69, 9.17) is 23.2 Å². The van der Waals surface area contributed by atoms with Crippen molar-refractivity contribution in [2.24, 2.45) is 0 Å². The van der Waals surface area contributed by atoms with Crippen molar-refractivity contribution in [2.45, 2.75) is 16.6 Å². The number of thioether (sulfide) groups is 1. The first-order chi connectivity index (χ1) is 12.3. The number of carbonyl (C=O) groups is 2. The highest BCUT2D eigenvalue weighted by Crippen LogP contribution is 2.38. The predicted molar refractivity (Wildman–Crippen MR) is 109 cm³/mol. The van der Waals surface area contributed by atoms with Gasteiger partial charge in [-0.2, -0.15) is 0 Å². The zero-order valence-electron chi connectivity index (χ0n) is 14.2. The molecule has 3 rings (SSSR count). The van der Waals surface area contributed by atoms with Crippen molar-refractivity contribution in [3.05, 3.63) is 46.4 Å². The molecule has 0 aliphatic carbocycles. The highest BCUT2D eigenvalue weighted by atomic mass is 35.5. The summed E-state index contributed by atoms with van der Waals surface area (Å²) in [6.45, 7) is 0. The van der Waals surface area contributed by atoms with Crippen LogP contribution in [-0.2, 0) is 9.59 Å². The average Bonchev–Trinajstić information content (AvgIpc) is 2.55. The minimum atomic E-state index is -0.509. The van der Waals surface area contributed by atoms with Crippen LogP contribution in [-0.4, -0.2) is 31.2 Å². The molecule has 2 aromatic rings. The molecule has 0 fully saturated rings. The zero-order valence-corrected chi connectivity index (χ0v) is 16.5. The molecule has 2 N–H and O–H groups in total. The molecular weight excluding hydrogens is 393 g/mol. The van der Waals surface area contributed by atoms with Crippen molar-refractivity contribution in [3.8, 4) is 0 Å². The van der Waals surface area contributed by atoms with Gasteiger partial charge >= 0.3 is 0 Å².